The maximum absolute atomic E-state index is 5.85. The van der Waals surface area contributed by atoms with Gasteiger partial charge in [-0.05, 0) is 49.3 Å². The van der Waals surface area contributed by atoms with Crippen molar-refractivity contribution >= 4 is 10.9 Å². The molecule has 0 aliphatic heterocycles. The van der Waals surface area contributed by atoms with Crippen LogP contribution >= 0.6 is 0 Å². The van der Waals surface area contributed by atoms with E-state index in [1.807, 2.05) is 18.2 Å². The number of nitrogens with zero attached hydrogens (tertiary/aromatic N) is 1. The highest BCUT2D eigenvalue weighted by molar-refractivity contribution is 5.83. The number of benzene rings is 2. The minimum atomic E-state index is 0.642. The third-order valence-electron chi connectivity index (χ3n) is 4.04. The molecule has 0 aliphatic rings. The van der Waals surface area contributed by atoms with Crippen LogP contribution in [0.2, 0.25) is 0 Å². The molecule has 0 saturated heterocycles. The molecule has 3 aromatic rings. The van der Waals surface area contributed by atoms with E-state index in [0.29, 0.717) is 13.2 Å². The lowest BCUT2D eigenvalue weighted by Gasteiger charge is -2.09. The molecule has 0 fully saturated rings. The number of aromatic nitrogens is 1. The predicted octanol–water partition coefficient (Wildman–Crippen LogP) is 3.99. The summed E-state index contributed by atoms with van der Waals surface area (Å²) in [6.07, 6.45) is 3.18. The molecule has 3 rings (SSSR count). The Bertz CT molecular complexity index is 747. The molecule has 120 valence electrons. The largest absolute Gasteiger partial charge is 0.372 e. The first-order valence-corrected chi connectivity index (χ1v) is 8.07. The van der Waals surface area contributed by atoms with Gasteiger partial charge in [-0.3, -0.25) is 0 Å². The fourth-order valence-corrected chi connectivity index (χ4v) is 2.73. The normalized spacial score (nSPS) is 11.4. The van der Waals surface area contributed by atoms with E-state index in [-0.39, 0.29) is 0 Å². The minimum Gasteiger partial charge on any atom is -0.372 e. The molecule has 0 aliphatic carbocycles. The molecular formula is C20H24N2O. The summed E-state index contributed by atoms with van der Waals surface area (Å²) in [5.41, 5.74) is 5.00. The van der Waals surface area contributed by atoms with Gasteiger partial charge in [0.2, 0.25) is 0 Å². The van der Waals surface area contributed by atoms with Gasteiger partial charge in [-0.2, -0.15) is 0 Å². The smallest absolute Gasteiger partial charge is 0.0721 e. The molecular weight excluding hydrogens is 284 g/mol. The van der Waals surface area contributed by atoms with Crippen molar-refractivity contribution in [3.05, 3.63) is 71.4 Å². The van der Waals surface area contributed by atoms with Crippen molar-refractivity contribution in [3.8, 4) is 0 Å². The number of rotatable bonds is 7. The number of hydrogen-bond donors (Lipinski definition) is 1. The van der Waals surface area contributed by atoms with Gasteiger partial charge < -0.3 is 14.6 Å². The monoisotopic (exact) mass is 308 g/mol. The van der Waals surface area contributed by atoms with Crippen LogP contribution in [0.15, 0.2) is 54.7 Å². The van der Waals surface area contributed by atoms with Crippen LogP contribution in [0.1, 0.15) is 16.7 Å². The molecule has 0 bridgehead atoms. The van der Waals surface area contributed by atoms with Crippen molar-refractivity contribution in [2.75, 3.05) is 20.6 Å². The third-order valence-corrected chi connectivity index (χ3v) is 4.04. The van der Waals surface area contributed by atoms with Gasteiger partial charge in [0.1, 0.15) is 0 Å². The van der Waals surface area contributed by atoms with Crippen LogP contribution in [0.3, 0.4) is 0 Å². The van der Waals surface area contributed by atoms with Crippen LogP contribution in [0.25, 0.3) is 10.9 Å². The fraction of sp³-hybridized carbons (Fsp3) is 0.300. The summed E-state index contributed by atoms with van der Waals surface area (Å²) in [6.45, 7) is 2.35. The van der Waals surface area contributed by atoms with Crippen molar-refractivity contribution in [2.45, 2.75) is 19.6 Å². The van der Waals surface area contributed by atoms with Crippen molar-refractivity contribution in [1.82, 2.24) is 9.88 Å². The lowest BCUT2D eigenvalue weighted by Crippen LogP contribution is -2.14. The summed E-state index contributed by atoms with van der Waals surface area (Å²) >= 11 is 0. The average molecular weight is 308 g/mol. The van der Waals surface area contributed by atoms with E-state index in [2.05, 4.69) is 60.5 Å². The zero-order valence-corrected chi connectivity index (χ0v) is 13.9. The number of aromatic amines is 1. The number of hydrogen-bond acceptors (Lipinski definition) is 2. The summed E-state index contributed by atoms with van der Waals surface area (Å²) < 4.78 is 5.85. The third kappa shape index (κ3) is 4.21. The van der Waals surface area contributed by atoms with Crippen LogP contribution in [-0.4, -0.2) is 30.5 Å². The molecule has 0 atom stereocenters. The zero-order chi connectivity index (χ0) is 16.1. The predicted molar refractivity (Wildman–Crippen MR) is 95.5 cm³/mol. The average Bonchev–Trinajstić information content (AvgIpc) is 2.96. The van der Waals surface area contributed by atoms with E-state index in [0.717, 1.165) is 13.0 Å². The van der Waals surface area contributed by atoms with Gasteiger partial charge in [0.15, 0.2) is 0 Å². The lowest BCUT2D eigenvalue weighted by atomic mass is 10.1. The highest BCUT2D eigenvalue weighted by atomic mass is 16.5. The molecule has 3 nitrogen and oxygen atoms in total. The van der Waals surface area contributed by atoms with Crippen molar-refractivity contribution < 1.29 is 4.74 Å². The van der Waals surface area contributed by atoms with Crippen LogP contribution in [0.5, 0.6) is 0 Å². The Kier molecular flexibility index (Phi) is 5.11. The van der Waals surface area contributed by atoms with Gasteiger partial charge in [-0.15, -0.1) is 0 Å². The summed E-state index contributed by atoms with van der Waals surface area (Å²) in [7, 11) is 4.22. The number of fused-ring (bicyclic) bond motifs is 1. The molecule has 23 heavy (non-hydrogen) atoms. The Morgan fingerprint density at radius 1 is 0.957 bits per heavy atom. The van der Waals surface area contributed by atoms with E-state index >= 15 is 0 Å². The Balaban J connectivity index is 1.65. The number of ether oxygens (including phenoxy) is 1. The highest BCUT2D eigenvalue weighted by Gasteiger charge is 2.05. The highest BCUT2D eigenvalue weighted by Crippen LogP contribution is 2.21. The lowest BCUT2D eigenvalue weighted by molar-refractivity contribution is 0.107. The van der Waals surface area contributed by atoms with Crippen LogP contribution in [0.4, 0.5) is 0 Å². The van der Waals surface area contributed by atoms with E-state index in [1.165, 1.54) is 27.6 Å². The Labute approximate surface area is 137 Å². The molecule has 1 heterocycles. The first-order valence-electron chi connectivity index (χ1n) is 8.07. The SMILES string of the molecule is CN(C)CCc1c[nH]c2ccc(COCc3ccccc3)cc12. The topological polar surface area (TPSA) is 28.3 Å². The molecule has 0 saturated carbocycles. The maximum atomic E-state index is 5.85. The Morgan fingerprint density at radius 3 is 2.52 bits per heavy atom. The van der Waals surface area contributed by atoms with E-state index in [9.17, 15) is 0 Å². The minimum absolute atomic E-state index is 0.642. The van der Waals surface area contributed by atoms with Crippen molar-refractivity contribution in [2.24, 2.45) is 0 Å². The Hall–Kier alpha value is -2.10. The maximum Gasteiger partial charge on any atom is 0.0721 e. The van der Waals surface area contributed by atoms with Gasteiger partial charge in [-0.1, -0.05) is 36.4 Å². The second kappa shape index (κ2) is 7.44. The summed E-state index contributed by atoms with van der Waals surface area (Å²) in [5, 5.41) is 1.31. The van der Waals surface area contributed by atoms with Gasteiger partial charge in [0.25, 0.3) is 0 Å². The van der Waals surface area contributed by atoms with Gasteiger partial charge in [0.05, 0.1) is 13.2 Å². The van der Waals surface area contributed by atoms with E-state index in [4.69, 9.17) is 4.74 Å². The summed E-state index contributed by atoms with van der Waals surface area (Å²) in [4.78, 5) is 5.58. The van der Waals surface area contributed by atoms with Crippen LogP contribution in [-0.2, 0) is 24.4 Å². The van der Waals surface area contributed by atoms with Gasteiger partial charge in [0, 0.05) is 23.6 Å². The first kappa shape index (κ1) is 15.8. The summed E-state index contributed by atoms with van der Waals surface area (Å²) in [5.74, 6) is 0. The van der Waals surface area contributed by atoms with E-state index < -0.39 is 0 Å². The molecule has 3 heteroatoms. The van der Waals surface area contributed by atoms with Gasteiger partial charge in [-0.25, -0.2) is 0 Å². The molecule has 0 amide bonds. The second-order valence-electron chi connectivity index (χ2n) is 6.23. The van der Waals surface area contributed by atoms with Crippen LogP contribution in [0, 0.1) is 0 Å². The molecule has 0 unspecified atom stereocenters. The second-order valence-corrected chi connectivity index (χ2v) is 6.23. The molecule has 2 aromatic carbocycles. The standard InChI is InChI=1S/C20H24N2O/c1-22(2)11-10-18-13-21-20-9-8-17(12-19(18)20)15-23-14-16-6-4-3-5-7-16/h3-9,12-13,21H,10-11,14-15H2,1-2H3. The fourth-order valence-electron chi connectivity index (χ4n) is 2.73. The van der Waals surface area contributed by atoms with Gasteiger partial charge >= 0.3 is 0 Å². The Morgan fingerprint density at radius 2 is 1.74 bits per heavy atom. The first-order chi connectivity index (χ1) is 11.2. The van der Waals surface area contributed by atoms with Crippen molar-refractivity contribution in [1.29, 1.82) is 0 Å². The quantitative estimate of drug-likeness (QED) is 0.715. The molecule has 0 spiro atoms. The number of H-pyrrole nitrogens is 1. The number of nitrogens with one attached hydrogen (secondary N) is 1. The van der Waals surface area contributed by atoms with E-state index in [1.54, 1.807) is 0 Å². The molecule has 1 aromatic heterocycles. The van der Waals surface area contributed by atoms with Crippen molar-refractivity contribution in [3.63, 3.8) is 0 Å². The summed E-state index contributed by atoms with van der Waals surface area (Å²) in [6, 6.07) is 16.8. The zero-order valence-electron chi connectivity index (χ0n) is 13.9. The molecule has 1 N–H and O–H groups in total. The number of likely N-dealkylation sites (N-methyl/N-ethyl adjacent to an activating group) is 1. The van der Waals surface area contributed by atoms with Crippen LogP contribution < -0.4 is 0 Å². The molecule has 0 radical (unpaired) electrons.